The number of hydrogen-bond donors (Lipinski definition) is 2. The average Bonchev–Trinajstić information content (AvgIpc) is 2.01. The van der Waals surface area contributed by atoms with E-state index < -0.39 is 0 Å². The van der Waals surface area contributed by atoms with Gasteiger partial charge in [-0.3, -0.25) is 0 Å². The van der Waals surface area contributed by atoms with Gasteiger partial charge in [0, 0.05) is 6.54 Å². The van der Waals surface area contributed by atoms with Crippen LogP contribution in [0.4, 0.5) is 5.69 Å². The van der Waals surface area contributed by atoms with E-state index in [1.807, 2.05) is 19.9 Å². The summed E-state index contributed by atoms with van der Waals surface area (Å²) in [5.74, 6) is 0. The Morgan fingerprint density at radius 2 is 2.07 bits per heavy atom. The molecule has 2 N–H and O–H groups in total. The predicted molar refractivity (Wildman–Crippen MR) is 61.1 cm³/mol. The number of nitrogens with one attached hydrogen (secondary N) is 1. The Morgan fingerprint density at radius 3 is 2.57 bits per heavy atom. The van der Waals surface area contributed by atoms with Crippen molar-refractivity contribution in [3.8, 4) is 0 Å². The van der Waals surface area contributed by atoms with Crippen molar-refractivity contribution in [3.05, 3.63) is 28.3 Å². The zero-order valence-corrected chi connectivity index (χ0v) is 9.52. The molecule has 1 aromatic rings. The molecule has 0 fully saturated rings. The molecule has 1 aromatic carbocycles. The molecule has 1 unspecified atom stereocenters. The summed E-state index contributed by atoms with van der Waals surface area (Å²) in [6.45, 7) is 6.27. The monoisotopic (exact) mass is 213 g/mol. The topological polar surface area (TPSA) is 32.3 Å². The number of hydrogen-bond acceptors (Lipinski definition) is 2. The van der Waals surface area contributed by atoms with E-state index in [1.54, 1.807) is 6.92 Å². The van der Waals surface area contributed by atoms with Gasteiger partial charge in [-0.15, -0.1) is 0 Å². The van der Waals surface area contributed by atoms with Crippen molar-refractivity contribution in [2.24, 2.45) is 0 Å². The first-order valence-electron chi connectivity index (χ1n) is 4.69. The van der Waals surface area contributed by atoms with Crippen LogP contribution in [0.3, 0.4) is 0 Å². The highest BCUT2D eigenvalue weighted by Gasteiger charge is 2.05. The van der Waals surface area contributed by atoms with Crippen molar-refractivity contribution in [3.63, 3.8) is 0 Å². The van der Waals surface area contributed by atoms with E-state index in [9.17, 15) is 0 Å². The molecule has 0 aliphatic rings. The number of aliphatic hydroxyl groups excluding tert-OH is 1. The number of aliphatic hydroxyl groups is 1. The minimum absolute atomic E-state index is 0.369. The van der Waals surface area contributed by atoms with Crippen LogP contribution in [0, 0.1) is 13.8 Å². The molecule has 0 amide bonds. The molecule has 0 aliphatic heterocycles. The molecule has 1 rings (SSSR count). The molecule has 0 bridgehead atoms. The Hall–Kier alpha value is -0.730. The summed E-state index contributed by atoms with van der Waals surface area (Å²) in [6, 6.07) is 3.98. The van der Waals surface area contributed by atoms with E-state index in [2.05, 4.69) is 11.4 Å². The maximum atomic E-state index is 9.14. The fourth-order valence-corrected chi connectivity index (χ4v) is 1.78. The second-order valence-electron chi connectivity index (χ2n) is 3.67. The van der Waals surface area contributed by atoms with Crippen LogP contribution in [0.1, 0.15) is 18.1 Å². The molecule has 0 radical (unpaired) electrons. The molecule has 0 heterocycles. The lowest BCUT2D eigenvalue weighted by Crippen LogP contribution is -2.16. The van der Waals surface area contributed by atoms with E-state index in [1.165, 1.54) is 0 Å². The molecular weight excluding hydrogens is 198 g/mol. The zero-order chi connectivity index (χ0) is 10.7. The van der Waals surface area contributed by atoms with Crippen LogP contribution in [-0.2, 0) is 0 Å². The summed E-state index contributed by atoms with van der Waals surface area (Å²) in [7, 11) is 0. The summed E-state index contributed by atoms with van der Waals surface area (Å²) in [4.78, 5) is 0. The first-order valence-corrected chi connectivity index (χ1v) is 5.07. The summed E-state index contributed by atoms with van der Waals surface area (Å²) >= 11 is 6.07. The molecule has 78 valence electrons. The first-order chi connectivity index (χ1) is 6.50. The van der Waals surface area contributed by atoms with E-state index in [0.29, 0.717) is 11.6 Å². The van der Waals surface area contributed by atoms with Gasteiger partial charge >= 0.3 is 0 Å². The van der Waals surface area contributed by atoms with Gasteiger partial charge < -0.3 is 10.4 Å². The molecule has 0 aromatic heterocycles. The summed E-state index contributed by atoms with van der Waals surface area (Å²) in [6.07, 6.45) is -0.369. The Kier molecular flexibility index (Phi) is 3.78. The van der Waals surface area contributed by atoms with Crippen molar-refractivity contribution in [2.75, 3.05) is 11.9 Å². The summed E-state index contributed by atoms with van der Waals surface area (Å²) < 4.78 is 0. The standard InChI is InChI=1S/C11H16ClNO/c1-7-4-8(2)11(10(12)5-7)13-6-9(3)14/h4-5,9,13-14H,6H2,1-3H3. The van der Waals surface area contributed by atoms with Crippen molar-refractivity contribution >= 4 is 17.3 Å². The lowest BCUT2D eigenvalue weighted by atomic mass is 10.1. The number of halogens is 1. The van der Waals surface area contributed by atoms with Crippen LogP contribution in [0.5, 0.6) is 0 Å². The third-order valence-corrected chi connectivity index (χ3v) is 2.30. The largest absolute Gasteiger partial charge is 0.392 e. The van der Waals surface area contributed by atoms with Crippen LogP contribution in [0.15, 0.2) is 12.1 Å². The predicted octanol–water partition coefficient (Wildman–Crippen LogP) is 2.75. The molecule has 2 nitrogen and oxygen atoms in total. The fourth-order valence-electron chi connectivity index (χ4n) is 1.39. The zero-order valence-electron chi connectivity index (χ0n) is 8.76. The third kappa shape index (κ3) is 2.89. The van der Waals surface area contributed by atoms with Gasteiger partial charge in [0.1, 0.15) is 0 Å². The van der Waals surface area contributed by atoms with Crippen LogP contribution >= 0.6 is 11.6 Å². The molecule has 3 heteroatoms. The van der Waals surface area contributed by atoms with Gasteiger partial charge in [-0.25, -0.2) is 0 Å². The van der Waals surface area contributed by atoms with Crippen molar-refractivity contribution in [1.82, 2.24) is 0 Å². The van der Waals surface area contributed by atoms with Crippen molar-refractivity contribution < 1.29 is 5.11 Å². The minimum atomic E-state index is -0.369. The van der Waals surface area contributed by atoms with E-state index in [4.69, 9.17) is 16.7 Å². The van der Waals surface area contributed by atoms with Gasteiger partial charge in [-0.1, -0.05) is 17.7 Å². The Labute approximate surface area is 89.9 Å². The Balaban J connectivity index is 2.86. The lowest BCUT2D eigenvalue weighted by molar-refractivity contribution is 0.208. The van der Waals surface area contributed by atoms with E-state index in [-0.39, 0.29) is 6.10 Å². The van der Waals surface area contributed by atoms with Gasteiger partial charge in [0.15, 0.2) is 0 Å². The maximum absolute atomic E-state index is 9.14. The molecule has 0 saturated heterocycles. The van der Waals surface area contributed by atoms with Crippen LogP contribution in [-0.4, -0.2) is 17.8 Å². The first kappa shape index (κ1) is 11.3. The maximum Gasteiger partial charge on any atom is 0.0684 e. The second-order valence-corrected chi connectivity index (χ2v) is 4.08. The molecule has 14 heavy (non-hydrogen) atoms. The van der Waals surface area contributed by atoms with Gasteiger partial charge in [-0.2, -0.15) is 0 Å². The normalized spacial score (nSPS) is 12.6. The van der Waals surface area contributed by atoms with Gasteiger partial charge in [0.2, 0.25) is 0 Å². The molecule has 0 spiro atoms. The minimum Gasteiger partial charge on any atom is -0.392 e. The van der Waals surface area contributed by atoms with Crippen LogP contribution in [0.25, 0.3) is 0 Å². The van der Waals surface area contributed by atoms with Crippen molar-refractivity contribution in [2.45, 2.75) is 26.9 Å². The molecule has 0 saturated carbocycles. The SMILES string of the molecule is Cc1cc(C)c(NCC(C)O)c(Cl)c1. The summed E-state index contributed by atoms with van der Waals surface area (Å²) in [5, 5.41) is 13.0. The van der Waals surface area contributed by atoms with E-state index >= 15 is 0 Å². The Morgan fingerprint density at radius 1 is 1.43 bits per heavy atom. The lowest BCUT2D eigenvalue weighted by Gasteiger charge is -2.13. The third-order valence-electron chi connectivity index (χ3n) is 2.01. The fraction of sp³-hybridized carbons (Fsp3) is 0.455. The quantitative estimate of drug-likeness (QED) is 0.810. The van der Waals surface area contributed by atoms with E-state index in [0.717, 1.165) is 16.8 Å². The number of aryl methyl sites for hydroxylation is 2. The van der Waals surface area contributed by atoms with Crippen molar-refractivity contribution in [1.29, 1.82) is 0 Å². The highest BCUT2D eigenvalue weighted by Crippen LogP contribution is 2.27. The Bertz CT molecular complexity index is 300. The number of anilines is 1. The highest BCUT2D eigenvalue weighted by molar-refractivity contribution is 6.33. The van der Waals surface area contributed by atoms with Gasteiger partial charge in [0.25, 0.3) is 0 Å². The summed E-state index contributed by atoms with van der Waals surface area (Å²) in [5.41, 5.74) is 3.17. The van der Waals surface area contributed by atoms with Gasteiger partial charge in [0.05, 0.1) is 16.8 Å². The second kappa shape index (κ2) is 4.67. The van der Waals surface area contributed by atoms with Crippen LogP contribution in [0.2, 0.25) is 5.02 Å². The number of rotatable bonds is 3. The van der Waals surface area contributed by atoms with Gasteiger partial charge in [-0.05, 0) is 38.0 Å². The van der Waals surface area contributed by atoms with Crippen LogP contribution < -0.4 is 5.32 Å². The molecular formula is C11H16ClNO. The number of benzene rings is 1. The average molecular weight is 214 g/mol. The molecule has 0 aliphatic carbocycles. The molecule has 1 atom stereocenters. The highest BCUT2D eigenvalue weighted by atomic mass is 35.5. The smallest absolute Gasteiger partial charge is 0.0684 e.